The van der Waals surface area contributed by atoms with Gasteiger partial charge in [0.25, 0.3) is 7.82 Å². The molecule has 0 aliphatic carbocycles. The van der Waals surface area contributed by atoms with Gasteiger partial charge in [-0.15, -0.1) is 0 Å². The number of carbonyl (C=O) groups excluding carboxylic acids is 2. The number of quaternary nitrogens is 1. The molecule has 304 valence electrons. The van der Waals surface area contributed by atoms with E-state index in [4.69, 9.17) is 18.5 Å². The van der Waals surface area contributed by atoms with E-state index in [9.17, 15) is 19.0 Å². The van der Waals surface area contributed by atoms with Gasteiger partial charge in [0.1, 0.15) is 19.3 Å². The summed E-state index contributed by atoms with van der Waals surface area (Å²) in [4.78, 5) is 37.5. The van der Waals surface area contributed by atoms with Crippen LogP contribution in [-0.2, 0) is 32.7 Å². The molecule has 9 nitrogen and oxygen atoms in total. The Bertz CT molecular complexity index is 804. The van der Waals surface area contributed by atoms with Crippen LogP contribution in [0.2, 0.25) is 0 Å². The molecule has 0 aliphatic heterocycles. The molecule has 0 rings (SSSR count). The molecule has 0 aromatic rings. The Hall–Kier alpha value is -0.990. The van der Waals surface area contributed by atoms with Gasteiger partial charge in [-0.2, -0.15) is 0 Å². The monoisotopic (exact) mass is 748 g/mol. The molecule has 0 saturated carbocycles. The molecule has 0 bridgehead atoms. The van der Waals surface area contributed by atoms with Crippen molar-refractivity contribution < 1.29 is 42.1 Å². The maximum atomic E-state index is 12.6. The van der Waals surface area contributed by atoms with Crippen LogP contribution in [0.3, 0.4) is 0 Å². The third-order valence-electron chi connectivity index (χ3n) is 9.33. The highest BCUT2D eigenvalue weighted by molar-refractivity contribution is 7.45. The third-order valence-corrected chi connectivity index (χ3v) is 10.4. The number of ether oxygens (including phenoxy) is 2. The molecule has 0 amide bonds. The lowest BCUT2D eigenvalue weighted by atomic mass is 10.0. The average molecular weight is 748 g/mol. The van der Waals surface area contributed by atoms with Gasteiger partial charge < -0.3 is 27.9 Å². The van der Waals surface area contributed by atoms with Crippen molar-refractivity contribution in [3.63, 3.8) is 0 Å². The van der Waals surface area contributed by atoms with Crippen molar-refractivity contribution in [1.29, 1.82) is 0 Å². The van der Waals surface area contributed by atoms with Crippen molar-refractivity contribution >= 4 is 19.8 Å². The van der Waals surface area contributed by atoms with Gasteiger partial charge in [0.2, 0.25) is 0 Å². The molecule has 0 aliphatic rings. The van der Waals surface area contributed by atoms with Gasteiger partial charge in [0, 0.05) is 19.3 Å². The molecular formula is C41H82NO8P. The van der Waals surface area contributed by atoms with E-state index in [0.717, 1.165) is 45.1 Å². The smallest absolute Gasteiger partial charge is 0.305 e. The highest BCUT2D eigenvalue weighted by Gasteiger charge is 2.22. The summed E-state index contributed by atoms with van der Waals surface area (Å²) < 4.78 is 34.3. The number of hydrogen-bond acceptors (Lipinski definition) is 8. The Labute approximate surface area is 314 Å². The van der Waals surface area contributed by atoms with Gasteiger partial charge in [-0.1, -0.05) is 168 Å². The molecule has 0 aromatic carbocycles. The van der Waals surface area contributed by atoms with Crippen LogP contribution >= 0.6 is 7.82 Å². The number of phosphoric acid groups is 1. The van der Waals surface area contributed by atoms with E-state index in [2.05, 4.69) is 13.8 Å². The van der Waals surface area contributed by atoms with Crippen LogP contribution in [0.15, 0.2) is 0 Å². The first-order chi connectivity index (χ1) is 24.5. The number of esters is 2. The Morgan fingerprint density at radius 3 is 1.16 bits per heavy atom. The van der Waals surface area contributed by atoms with Crippen molar-refractivity contribution in [3.05, 3.63) is 0 Å². The third kappa shape index (κ3) is 38.5. The average Bonchev–Trinajstić information content (AvgIpc) is 3.08. The fourth-order valence-electron chi connectivity index (χ4n) is 6.13. The summed E-state index contributed by atoms with van der Waals surface area (Å²) in [5.41, 5.74) is 0. The number of hydrogen-bond donors (Lipinski definition) is 0. The Morgan fingerprint density at radius 1 is 0.529 bits per heavy atom. The summed E-state index contributed by atoms with van der Waals surface area (Å²) in [6.07, 6.45) is 31.6. The predicted molar refractivity (Wildman–Crippen MR) is 208 cm³/mol. The van der Waals surface area contributed by atoms with E-state index in [-0.39, 0.29) is 32.7 Å². The van der Waals surface area contributed by atoms with E-state index in [1.807, 2.05) is 21.1 Å². The molecule has 1 atom stereocenters. The van der Waals surface area contributed by atoms with E-state index < -0.39 is 25.9 Å². The number of carbonyl (C=O) groups is 2. The zero-order chi connectivity index (χ0) is 37.9. The van der Waals surface area contributed by atoms with Gasteiger partial charge in [0.05, 0.1) is 34.3 Å². The normalized spacial score (nSPS) is 13.1. The lowest BCUT2D eigenvalue weighted by molar-refractivity contribution is -0.870. The molecular weight excluding hydrogens is 665 g/mol. The van der Waals surface area contributed by atoms with Crippen LogP contribution < -0.4 is 4.89 Å². The minimum atomic E-state index is -4.69. The highest BCUT2D eigenvalue weighted by Crippen LogP contribution is 2.40. The maximum Gasteiger partial charge on any atom is 0.305 e. The number of nitrogens with zero attached hydrogens (tertiary/aromatic N) is 1. The van der Waals surface area contributed by atoms with E-state index in [1.54, 1.807) is 0 Å². The van der Waals surface area contributed by atoms with Gasteiger partial charge in [-0.25, -0.2) is 0 Å². The summed E-state index contributed by atoms with van der Waals surface area (Å²) in [7, 11) is 1.36. The summed E-state index contributed by atoms with van der Waals surface area (Å²) in [6, 6.07) is 0. The highest BCUT2D eigenvalue weighted by atomic mass is 31.2. The summed E-state index contributed by atoms with van der Waals surface area (Å²) in [5, 5.41) is 0. The van der Waals surface area contributed by atoms with Gasteiger partial charge in [0.15, 0.2) is 0 Å². The van der Waals surface area contributed by atoms with Crippen molar-refractivity contribution in [2.24, 2.45) is 0 Å². The molecule has 0 aromatic heterocycles. The lowest BCUT2D eigenvalue weighted by Gasteiger charge is -2.28. The fourth-order valence-corrected chi connectivity index (χ4v) is 7.03. The summed E-state index contributed by atoms with van der Waals surface area (Å²) in [5.74, 6) is -0.816. The second kappa shape index (κ2) is 34.8. The SMILES string of the molecule is CCCCCCCCCCCCCCCC(=O)OCC(COC(=O)CCCCCCCCCCCCCCC)OP(=O)([O-])OCCC[N+](C)(C)C. The molecule has 1 unspecified atom stereocenters. The molecule has 0 fully saturated rings. The van der Waals surface area contributed by atoms with E-state index in [0.29, 0.717) is 10.9 Å². The number of phosphoric ester groups is 1. The summed E-state index contributed by atoms with van der Waals surface area (Å²) >= 11 is 0. The van der Waals surface area contributed by atoms with Crippen molar-refractivity contribution in [2.75, 3.05) is 47.5 Å². The molecule has 51 heavy (non-hydrogen) atoms. The first-order valence-corrected chi connectivity index (χ1v) is 22.7. The first-order valence-electron chi connectivity index (χ1n) is 21.2. The predicted octanol–water partition coefficient (Wildman–Crippen LogP) is 11.0. The second-order valence-electron chi connectivity index (χ2n) is 15.7. The van der Waals surface area contributed by atoms with Crippen molar-refractivity contribution in [2.45, 2.75) is 206 Å². The van der Waals surface area contributed by atoms with Crippen LogP contribution in [0.25, 0.3) is 0 Å². The van der Waals surface area contributed by atoms with E-state index >= 15 is 0 Å². The zero-order valence-electron chi connectivity index (χ0n) is 34.1. The van der Waals surface area contributed by atoms with Crippen LogP contribution in [0.4, 0.5) is 0 Å². The molecule has 10 heteroatoms. The number of unbranched alkanes of at least 4 members (excludes halogenated alkanes) is 24. The number of rotatable bonds is 39. The van der Waals surface area contributed by atoms with E-state index in [1.165, 1.54) is 128 Å². The standard InChI is InChI=1S/C41H82NO8P/c1-6-8-10-12-14-16-18-20-22-24-26-28-30-33-40(43)47-37-39(50-51(45,46)49-36-32-35-42(3,4)5)38-48-41(44)34-31-29-27-25-23-21-19-17-15-13-11-9-7-2/h39H,6-38H2,1-5H3. The van der Waals surface area contributed by atoms with Crippen molar-refractivity contribution in [3.8, 4) is 0 Å². The van der Waals surface area contributed by atoms with Crippen LogP contribution in [-0.4, -0.2) is 70.0 Å². The molecule has 0 spiro atoms. The summed E-state index contributed by atoms with van der Waals surface area (Å²) in [6.45, 7) is 4.57. The Kier molecular flexibility index (Phi) is 34.1. The minimum absolute atomic E-state index is 0.0132. The minimum Gasteiger partial charge on any atom is -0.756 e. The van der Waals surface area contributed by atoms with Gasteiger partial charge in [-0.3, -0.25) is 14.2 Å². The van der Waals surface area contributed by atoms with Gasteiger partial charge >= 0.3 is 11.9 Å². The first kappa shape index (κ1) is 50.0. The lowest BCUT2D eigenvalue weighted by Crippen LogP contribution is -2.36. The van der Waals surface area contributed by atoms with Crippen LogP contribution in [0.1, 0.15) is 200 Å². The maximum absolute atomic E-state index is 12.6. The van der Waals surface area contributed by atoms with Crippen LogP contribution in [0.5, 0.6) is 0 Å². The molecule has 0 N–H and O–H groups in total. The Balaban J connectivity index is 4.36. The van der Waals surface area contributed by atoms with Crippen LogP contribution in [0, 0.1) is 0 Å². The largest absolute Gasteiger partial charge is 0.756 e. The Morgan fingerprint density at radius 2 is 0.843 bits per heavy atom. The molecule has 0 saturated heterocycles. The fraction of sp³-hybridized carbons (Fsp3) is 0.951. The molecule has 0 heterocycles. The quantitative estimate of drug-likeness (QED) is 0.0264. The second-order valence-corrected chi connectivity index (χ2v) is 17.1. The molecule has 0 radical (unpaired) electrons. The zero-order valence-corrected chi connectivity index (χ0v) is 35.0. The van der Waals surface area contributed by atoms with Gasteiger partial charge in [-0.05, 0) is 12.8 Å². The van der Waals surface area contributed by atoms with Crippen molar-refractivity contribution in [1.82, 2.24) is 0 Å². The topological polar surface area (TPSA) is 111 Å².